The van der Waals surface area contributed by atoms with Crippen LogP contribution >= 0.6 is 0 Å². The number of aliphatic carboxylic acids is 1. The van der Waals surface area contributed by atoms with Crippen LogP contribution in [-0.2, 0) is 4.79 Å². The zero-order valence-corrected chi connectivity index (χ0v) is 10.5. The molecule has 0 aliphatic rings. The molecule has 5 heteroatoms. The molecular weight excluding hydrogens is 256 g/mol. The number of hydrogen-bond donors (Lipinski definition) is 2. The summed E-state index contributed by atoms with van der Waals surface area (Å²) >= 11 is 0. The molecule has 2 rings (SSSR count). The van der Waals surface area contributed by atoms with Gasteiger partial charge in [0.2, 0.25) is 0 Å². The van der Waals surface area contributed by atoms with Crippen LogP contribution in [0.15, 0.2) is 48.5 Å². The number of nitriles is 1. The quantitative estimate of drug-likeness (QED) is 0.887. The van der Waals surface area contributed by atoms with Crippen molar-refractivity contribution < 1.29 is 14.6 Å². The van der Waals surface area contributed by atoms with Crippen LogP contribution in [0.2, 0.25) is 0 Å². The number of hydrogen-bond acceptors (Lipinski definition) is 4. The number of carbonyl (C=O) groups is 1. The summed E-state index contributed by atoms with van der Waals surface area (Å²) in [5.41, 5.74) is 6.56. The Morgan fingerprint density at radius 2 is 1.60 bits per heavy atom. The third-order valence-corrected chi connectivity index (χ3v) is 2.72. The van der Waals surface area contributed by atoms with E-state index in [4.69, 9.17) is 20.8 Å². The molecule has 0 radical (unpaired) electrons. The molecule has 0 aliphatic carbocycles. The molecule has 0 saturated carbocycles. The Balaban J connectivity index is 2.10. The summed E-state index contributed by atoms with van der Waals surface area (Å²) in [6.45, 7) is 0. The zero-order chi connectivity index (χ0) is 14.5. The highest BCUT2D eigenvalue weighted by Crippen LogP contribution is 2.23. The van der Waals surface area contributed by atoms with Crippen molar-refractivity contribution in [3.63, 3.8) is 0 Å². The van der Waals surface area contributed by atoms with Gasteiger partial charge in [-0.05, 0) is 42.0 Å². The van der Waals surface area contributed by atoms with E-state index in [1.165, 1.54) is 0 Å². The summed E-state index contributed by atoms with van der Waals surface area (Å²) in [5.74, 6) is 0.0843. The second-order valence-corrected chi connectivity index (χ2v) is 4.12. The first-order valence-corrected chi connectivity index (χ1v) is 5.86. The minimum atomic E-state index is -1.08. The van der Waals surface area contributed by atoms with E-state index in [0.717, 1.165) is 0 Å². The maximum absolute atomic E-state index is 10.8. The number of ether oxygens (including phenoxy) is 1. The zero-order valence-electron chi connectivity index (χ0n) is 10.5. The van der Waals surface area contributed by atoms with Crippen LogP contribution in [0.1, 0.15) is 17.2 Å². The van der Waals surface area contributed by atoms with Crippen molar-refractivity contribution in [3.05, 3.63) is 59.7 Å². The summed E-state index contributed by atoms with van der Waals surface area (Å²) in [6, 6.07) is 14.2. The molecule has 5 nitrogen and oxygen atoms in total. The van der Waals surface area contributed by atoms with E-state index in [1.807, 2.05) is 6.07 Å². The first-order chi connectivity index (χ1) is 9.60. The van der Waals surface area contributed by atoms with Gasteiger partial charge in [-0.3, -0.25) is 4.79 Å². The van der Waals surface area contributed by atoms with Gasteiger partial charge in [-0.15, -0.1) is 0 Å². The highest BCUT2D eigenvalue weighted by Gasteiger charge is 2.13. The van der Waals surface area contributed by atoms with Crippen molar-refractivity contribution in [2.45, 2.75) is 6.04 Å². The van der Waals surface area contributed by atoms with Crippen LogP contribution in [0, 0.1) is 11.3 Å². The Bertz CT molecular complexity index is 642. The van der Waals surface area contributed by atoms with Gasteiger partial charge in [-0.1, -0.05) is 12.1 Å². The molecule has 0 aliphatic heterocycles. The highest BCUT2D eigenvalue weighted by molar-refractivity contribution is 5.75. The van der Waals surface area contributed by atoms with Crippen molar-refractivity contribution in [2.75, 3.05) is 0 Å². The molecule has 0 bridgehead atoms. The van der Waals surface area contributed by atoms with Crippen LogP contribution in [0.25, 0.3) is 0 Å². The lowest BCUT2D eigenvalue weighted by atomic mass is 10.1. The molecule has 3 N–H and O–H groups in total. The van der Waals surface area contributed by atoms with Gasteiger partial charge < -0.3 is 15.6 Å². The summed E-state index contributed by atoms with van der Waals surface area (Å²) in [6.07, 6.45) is 0. The molecule has 0 fully saturated rings. The maximum Gasteiger partial charge on any atom is 0.325 e. The number of carboxylic acid groups (broad SMARTS) is 1. The third kappa shape index (κ3) is 3.13. The molecule has 2 aromatic carbocycles. The number of benzene rings is 2. The van der Waals surface area contributed by atoms with Crippen LogP contribution in [0.5, 0.6) is 11.5 Å². The van der Waals surface area contributed by atoms with Crippen molar-refractivity contribution in [1.82, 2.24) is 0 Å². The van der Waals surface area contributed by atoms with Crippen molar-refractivity contribution in [1.29, 1.82) is 5.26 Å². The largest absolute Gasteiger partial charge is 0.480 e. The minimum Gasteiger partial charge on any atom is -0.480 e. The van der Waals surface area contributed by atoms with E-state index >= 15 is 0 Å². The molecule has 20 heavy (non-hydrogen) atoms. The van der Waals surface area contributed by atoms with Crippen LogP contribution < -0.4 is 10.5 Å². The standard InChI is InChI=1S/C15H12N2O3/c16-9-10-1-5-12(6-2-10)20-13-7-3-11(4-8-13)14(17)15(18)19/h1-8,14H,17H2,(H,18,19). The van der Waals surface area contributed by atoms with E-state index in [1.54, 1.807) is 48.5 Å². The average molecular weight is 268 g/mol. The average Bonchev–Trinajstić information content (AvgIpc) is 2.48. The monoisotopic (exact) mass is 268 g/mol. The number of rotatable bonds is 4. The predicted octanol–water partition coefficient (Wildman–Crippen LogP) is 2.43. The SMILES string of the molecule is N#Cc1ccc(Oc2ccc(C(N)C(=O)O)cc2)cc1. The maximum atomic E-state index is 10.8. The summed E-state index contributed by atoms with van der Waals surface area (Å²) in [7, 11) is 0. The fourth-order valence-electron chi connectivity index (χ4n) is 1.62. The normalized spacial score (nSPS) is 11.4. The Morgan fingerprint density at radius 1 is 1.10 bits per heavy atom. The van der Waals surface area contributed by atoms with Crippen LogP contribution in [-0.4, -0.2) is 11.1 Å². The molecule has 2 aromatic rings. The van der Waals surface area contributed by atoms with Crippen molar-refractivity contribution >= 4 is 5.97 Å². The lowest BCUT2D eigenvalue weighted by molar-refractivity contribution is -0.138. The smallest absolute Gasteiger partial charge is 0.325 e. The Morgan fingerprint density at radius 3 is 2.05 bits per heavy atom. The van der Waals surface area contributed by atoms with E-state index < -0.39 is 12.0 Å². The number of carboxylic acids is 1. The third-order valence-electron chi connectivity index (χ3n) is 2.72. The lowest BCUT2D eigenvalue weighted by Gasteiger charge is -2.09. The summed E-state index contributed by atoms with van der Waals surface area (Å²) in [5, 5.41) is 17.5. The van der Waals surface area contributed by atoms with Gasteiger partial charge in [0.05, 0.1) is 11.6 Å². The van der Waals surface area contributed by atoms with Gasteiger partial charge in [-0.25, -0.2) is 0 Å². The number of nitrogens with zero attached hydrogens (tertiary/aromatic N) is 1. The van der Waals surface area contributed by atoms with Gasteiger partial charge in [-0.2, -0.15) is 5.26 Å². The second-order valence-electron chi connectivity index (χ2n) is 4.12. The van der Waals surface area contributed by atoms with E-state index in [-0.39, 0.29) is 0 Å². The first-order valence-electron chi connectivity index (χ1n) is 5.86. The Kier molecular flexibility index (Phi) is 3.99. The van der Waals surface area contributed by atoms with E-state index in [0.29, 0.717) is 22.6 Å². The lowest BCUT2D eigenvalue weighted by Crippen LogP contribution is -2.20. The molecule has 100 valence electrons. The summed E-state index contributed by atoms with van der Waals surface area (Å²) in [4.78, 5) is 10.8. The Hall–Kier alpha value is -2.84. The summed E-state index contributed by atoms with van der Waals surface area (Å²) < 4.78 is 5.58. The van der Waals surface area contributed by atoms with Crippen molar-refractivity contribution in [2.24, 2.45) is 5.73 Å². The van der Waals surface area contributed by atoms with Gasteiger partial charge in [0, 0.05) is 0 Å². The Labute approximate surface area is 115 Å². The van der Waals surface area contributed by atoms with Crippen LogP contribution in [0.4, 0.5) is 0 Å². The topological polar surface area (TPSA) is 96.3 Å². The van der Waals surface area contributed by atoms with Gasteiger partial charge in [0.15, 0.2) is 0 Å². The highest BCUT2D eigenvalue weighted by atomic mass is 16.5. The number of nitrogens with two attached hydrogens (primary N) is 1. The molecular formula is C15H12N2O3. The molecule has 0 aromatic heterocycles. The fraction of sp³-hybridized carbons (Fsp3) is 0.0667. The predicted molar refractivity (Wildman–Crippen MR) is 72.2 cm³/mol. The van der Waals surface area contributed by atoms with Gasteiger partial charge >= 0.3 is 5.97 Å². The molecule has 1 unspecified atom stereocenters. The minimum absolute atomic E-state index is 0.504. The molecule has 0 amide bonds. The first kappa shape index (κ1) is 13.6. The van der Waals surface area contributed by atoms with E-state index in [9.17, 15) is 4.79 Å². The van der Waals surface area contributed by atoms with Gasteiger partial charge in [0.1, 0.15) is 17.5 Å². The van der Waals surface area contributed by atoms with Crippen molar-refractivity contribution in [3.8, 4) is 17.6 Å². The fourth-order valence-corrected chi connectivity index (χ4v) is 1.62. The molecule has 0 spiro atoms. The van der Waals surface area contributed by atoms with Crippen LogP contribution in [0.3, 0.4) is 0 Å². The van der Waals surface area contributed by atoms with Gasteiger partial charge in [0.25, 0.3) is 0 Å². The molecule has 0 saturated heterocycles. The van der Waals surface area contributed by atoms with E-state index in [2.05, 4.69) is 0 Å². The molecule has 0 heterocycles. The molecule has 1 atom stereocenters. The second kappa shape index (κ2) is 5.87.